The van der Waals surface area contributed by atoms with Crippen LogP contribution in [0.1, 0.15) is 30.1 Å². The van der Waals surface area contributed by atoms with Gasteiger partial charge in [0.2, 0.25) is 0 Å². The van der Waals surface area contributed by atoms with Crippen molar-refractivity contribution in [3.05, 3.63) is 66.0 Å². The normalized spacial score (nSPS) is 14.0. The first kappa shape index (κ1) is 18.9. The van der Waals surface area contributed by atoms with Gasteiger partial charge in [-0.05, 0) is 30.2 Å². The molecule has 0 bridgehead atoms. The number of hydrogen-bond donors (Lipinski definition) is 4. The van der Waals surface area contributed by atoms with Crippen LogP contribution in [0.15, 0.2) is 59.9 Å². The summed E-state index contributed by atoms with van der Waals surface area (Å²) in [5.41, 5.74) is 1.86. The third-order valence-electron chi connectivity index (χ3n) is 3.86. The fraction of sp³-hybridized carbons (Fsp3) is 0.368. The van der Waals surface area contributed by atoms with Crippen molar-refractivity contribution in [3.8, 4) is 0 Å². The van der Waals surface area contributed by atoms with E-state index in [-0.39, 0.29) is 12.5 Å². The summed E-state index contributed by atoms with van der Waals surface area (Å²) in [5, 5.41) is 26.2. The second-order valence-corrected chi connectivity index (χ2v) is 5.69. The first-order valence-electron chi connectivity index (χ1n) is 8.50. The van der Waals surface area contributed by atoms with E-state index in [0.29, 0.717) is 25.6 Å². The maximum Gasteiger partial charge on any atom is 0.191 e. The number of hydrogen-bond acceptors (Lipinski definition) is 4. The van der Waals surface area contributed by atoms with Crippen LogP contribution in [0.4, 0.5) is 0 Å². The lowest BCUT2D eigenvalue weighted by molar-refractivity contribution is 0.180. The summed E-state index contributed by atoms with van der Waals surface area (Å²) in [7, 11) is 0. The molecule has 25 heavy (non-hydrogen) atoms. The largest absolute Gasteiger partial charge is 0.396 e. The highest BCUT2D eigenvalue weighted by atomic mass is 16.3. The average Bonchev–Trinajstić information content (AvgIpc) is 2.67. The van der Waals surface area contributed by atoms with Gasteiger partial charge < -0.3 is 20.8 Å². The van der Waals surface area contributed by atoms with Crippen LogP contribution in [0.25, 0.3) is 0 Å². The van der Waals surface area contributed by atoms with Crippen molar-refractivity contribution >= 4 is 5.96 Å². The van der Waals surface area contributed by atoms with Gasteiger partial charge in [-0.2, -0.15) is 0 Å². The van der Waals surface area contributed by atoms with Crippen LogP contribution >= 0.6 is 0 Å². The summed E-state index contributed by atoms with van der Waals surface area (Å²) < 4.78 is 0. The van der Waals surface area contributed by atoms with E-state index in [1.54, 1.807) is 24.5 Å². The molecule has 0 radical (unpaired) electrons. The van der Waals surface area contributed by atoms with E-state index in [4.69, 9.17) is 0 Å². The van der Waals surface area contributed by atoms with Gasteiger partial charge >= 0.3 is 0 Å². The highest BCUT2D eigenvalue weighted by Gasteiger charge is 2.11. The van der Waals surface area contributed by atoms with Gasteiger partial charge in [-0.25, -0.2) is 0 Å². The van der Waals surface area contributed by atoms with Gasteiger partial charge in [0.25, 0.3) is 0 Å². The number of rotatable bonds is 8. The molecule has 1 heterocycles. The molecule has 4 N–H and O–H groups in total. The van der Waals surface area contributed by atoms with Gasteiger partial charge in [0.15, 0.2) is 5.96 Å². The molecule has 2 rings (SSSR count). The molecular formula is C19H26N4O2. The number of guanidine groups is 1. The molecule has 0 fully saturated rings. The Morgan fingerprint density at radius 1 is 1.08 bits per heavy atom. The van der Waals surface area contributed by atoms with Crippen LogP contribution in [0.5, 0.6) is 0 Å². The molecule has 2 aromatic rings. The van der Waals surface area contributed by atoms with E-state index in [9.17, 15) is 10.2 Å². The summed E-state index contributed by atoms with van der Waals surface area (Å²) >= 11 is 0. The van der Waals surface area contributed by atoms with Crippen molar-refractivity contribution in [1.82, 2.24) is 15.6 Å². The van der Waals surface area contributed by atoms with E-state index in [1.807, 2.05) is 37.3 Å². The lowest BCUT2D eigenvalue weighted by Gasteiger charge is -2.17. The molecule has 0 amide bonds. The second kappa shape index (κ2) is 10.4. The zero-order valence-corrected chi connectivity index (χ0v) is 14.5. The standard InChI is InChI=1S/C19H26N4O2/c1-2-21-19(23-13-18(25)16-8-10-20-11-9-16)22-12-17(14-24)15-6-4-3-5-7-15/h3-11,17-18,24-25H,2,12-14H2,1H3,(H2,21,22,23). The number of nitrogens with zero attached hydrogens (tertiary/aromatic N) is 2. The Morgan fingerprint density at radius 2 is 1.80 bits per heavy atom. The average molecular weight is 342 g/mol. The summed E-state index contributed by atoms with van der Waals surface area (Å²) in [6, 6.07) is 13.4. The molecule has 0 saturated carbocycles. The Morgan fingerprint density at radius 3 is 2.44 bits per heavy atom. The molecule has 0 spiro atoms. The van der Waals surface area contributed by atoms with Gasteiger partial charge in [-0.3, -0.25) is 9.98 Å². The van der Waals surface area contributed by atoms with Crippen molar-refractivity contribution in [2.75, 3.05) is 26.2 Å². The number of benzene rings is 1. The fourth-order valence-corrected chi connectivity index (χ4v) is 2.43. The summed E-state index contributed by atoms with van der Waals surface area (Å²) in [4.78, 5) is 8.49. The first-order chi connectivity index (χ1) is 12.2. The molecule has 6 heteroatoms. The number of aliphatic imine (C=N–C) groups is 1. The topological polar surface area (TPSA) is 89.8 Å². The summed E-state index contributed by atoms with van der Waals surface area (Å²) in [5.74, 6) is 0.562. The minimum absolute atomic E-state index is 0.0343. The Labute approximate surface area is 148 Å². The van der Waals surface area contributed by atoms with Crippen LogP contribution < -0.4 is 10.6 Å². The zero-order valence-electron chi connectivity index (χ0n) is 14.5. The number of aliphatic hydroxyl groups is 2. The van der Waals surface area contributed by atoms with Gasteiger partial charge in [0.05, 0.1) is 19.3 Å². The number of aliphatic hydroxyl groups excluding tert-OH is 2. The fourth-order valence-electron chi connectivity index (χ4n) is 2.43. The van der Waals surface area contributed by atoms with Crippen LogP contribution in [-0.2, 0) is 0 Å². The van der Waals surface area contributed by atoms with Crippen LogP contribution in [0.2, 0.25) is 0 Å². The van der Waals surface area contributed by atoms with Crippen molar-refractivity contribution in [2.24, 2.45) is 4.99 Å². The molecule has 1 aromatic heterocycles. The highest BCUT2D eigenvalue weighted by molar-refractivity contribution is 5.79. The third-order valence-corrected chi connectivity index (χ3v) is 3.86. The molecule has 134 valence electrons. The monoisotopic (exact) mass is 342 g/mol. The lowest BCUT2D eigenvalue weighted by atomic mass is 10.0. The molecule has 1 aromatic carbocycles. The van der Waals surface area contributed by atoms with Crippen LogP contribution in [-0.4, -0.2) is 47.4 Å². The van der Waals surface area contributed by atoms with Gasteiger partial charge in [0, 0.05) is 31.4 Å². The predicted octanol–water partition coefficient (Wildman–Crippen LogP) is 1.45. The maximum absolute atomic E-state index is 10.2. The summed E-state index contributed by atoms with van der Waals surface area (Å²) in [6.45, 7) is 3.53. The minimum Gasteiger partial charge on any atom is -0.396 e. The predicted molar refractivity (Wildman–Crippen MR) is 99.4 cm³/mol. The van der Waals surface area contributed by atoms with E-state index >= 15 is 0 Å². The smallest absolute Gasteiger partial charge is 0.191 e. The van der Waals surface area contributed by atoms with Crippen molar-refractivity contribution in [2.45, 2.75) is 18.9 Å². The van der Waals surface area contributed by atoms with Gasteiger partial charge in [-0.1, -0.05) is 30.3 Å². The molecule has 2 atom stereocenters. The van der Waals surface area contributed by atoms with Gasteiger partial charge in [0.1, 0.15) is 0 Å². The molecule has 0 aliphatic carbocycles. The Bertz CT molecular complexity index is 634. The van der Waals surface area contributed by atoms with Crippen LogP contribution in [0.3, 0.4) is 0 Å². The molecule has 0 saturated heterocycles. The zero-order chi connectivity index (χ0) is 17.9. The lowest BCUT2D eigenvalue weighted by Crippen LogP contribution is -2.39. The van der Waals surface area contributed by atoms with Crippen molar-refractivity contribution < 1.29 is 10.2 Å². The second-order valence-electron chi connectivity index (χ2n) is 5.69. The quantitative estimate of drug-likeness (QED) is 0.431. The number of nitrogens with one attached hydrogen (secondary N) is 2. The summed E-state index contributed by atoms with van der Waals surface area (Å²) in [6.07, 6.45) is 2.67. The molecule has 0 aliphatic rings. The van der Waals surface area contributed by atoms with Gasteiger partial charge in [-0.15, -0.1) is 0 Å². The molecule has 0 aliphatic heterocycles. The maximum atomic E-state index is 10.2. The van der Waals surface area contributed by atoms with E-state index in [1.165, 1.54) is 0 Å². The number of pyridine rings is 1. The van der Waals surface area contributed by atoms with Crippen molar-refractivity contribution in [3.63, 3.8) is 0 Å². The minimum atomic E-state index is -0.644. The Kier molecular flexibility index (Phi) is 7.88. The van der Waals surface area contributed by atoms with Crippen molar-refractivity contribution in [1.29, 1.82) is 0 Å². The van der Waals surface area contributed by atoms with Crippen LogP contribution in [0, 0.1) is 0 Å². The SMILES string of the molecule is CCNC(=NCC(CO)c1ccccc1)NCC(O)c1ccncc1. The van der Waals surface area contributed by atoms with E-state index < -0.39 is 6.10 Å². The van der Waals surface area contributed by atoms with E-state index in [2.05, 4.69) is 20.6 Å². The number of aromatic nitrogens is 1. The molecular weight excluding hydrogens is 316 g/mol. The molecule has 6 nitrogen and oxygen atoms in total. The first-order valence-corrected chi connectivity index (χ1v) is 8.50. The Hall–Kier alpha value is -2.44. The highest BCUT2D eigenvalue weighted by Crippen LogP contribution is 2.15. The molecule has 2 unspecified atom stereocenters. The van der Waals surface area contributed by atoms with E-state index in [0.717, 1.165) is 11.1 Å². The third kappa shape index (κ3) is 6.17. The Balaban J connectivity index is 1.95.